The molecule has 0 radical (unpaired) electrons. The van der Waals surface area contributed by atoms with E-state index in [9.17, 15) is 9.59 Å². The number of carboxylic acid groups (broad SMARTS) is 1. The quantitative estimate of drug-likeness (QED) is 0.668. The molecule has 1 amide bonds. The lowest BCUT2D eigenvalue weighted by Crippen LogP contribution is -2.42. The molecule has 0 heterocycles. The number of nitrogens with one attached hydrogen (secondary N) is 1. The molecule has 6 heteroatoms. The standard InChI is InChI=1S/C15H22N2O4/c1-4-11(5-2)17-14(18)9(3)21-13-8-10(16)6-7-12(13)15(19)20/h6-9,11H,4-5,16H2,1-3H3,(H,17,18)(H,19,20). The Bertz CT molecular complexity index is 512. The summed E-state index contributed by atoms with van der Waals surface area (Å²) < 4.78 is 5.47. The van der Waals surface area contributed by atoms with Crippen molar-refractivity contribution in [2.24, 2.45) is 0 Å². The lowest BCUT2D eigenvalue weighted by Gasteiger charge is -2.20. The number of anilines is 1. The Labute approximate surface area is 124 Å². The first-order valence-corrected chi connectivity index (χ1v) is 6.98. The van der Waals surface area contributed by atoms with Gasteiger partial charge in [0.25, 0.3) is 5.91 Å². The van der Waals surface area contributed by atoms with Crippen molar-refractivity contribution >= 4 is 17.6 Å². The molecule has 1 atom stereocenters. The highest BCUT2D eigenvalue weighted by Gasteiger charge is 2.20. The van der Waals surface area contributed by atoms with Gasteiger partial charge >= 0.3 is 5.97 Å². The summed E-state index contributed by atoms with van der Waals surface area (Å²) in [6.45, 7) is 5.55. The molecule has 1 aromatic rings. The first kappa shape index (κ1) is 16.8. The lowest BCUT2D eigenvalue weighted by atomic mass is 10.1. The van der Waals surface area contributed by atoms with Crippen LogP contribution in [-0.4, -0.2) is 29.1 Å². The Kier molecular flexibility index (Phi) is 6.02. The van der Waals surface area contributed by atoms with E-state index in [1.54, 1.807) is 6.92 Å². The van der Waals surface area contributed by atoms with Crippen LogP contribution in [0.3, 0.4) is 0 Å². The number of benzene rings is 1. The molecule has 6 nitrogen and oxygen atoms in total. The Morgan fingerprint density at radius 2 is 1.95 bits per heavy atom. The van der Waals surface area contributed by atoms with Gasteiger partial charge in [0, 0.05) is 17.8 Å². The maximum Gasteiger partial charge on any atom is 0.339 e. The van der Waals surface area contributed by atoms with Gasteiger partial charge in [0.05, 0.1) is 0 Å². The van der Waals surface area contributed by atoms with Crippen LogP contribution in [0.1, 0.15) is 44.0 Å². The minimum atomic E-state index is -1.13. The number of hydrogen-bond acceptors (Lipinski definition) is 4. The molecule has 0 saturated heterocycles. The van der Waals surface area contributed by atoms with Crippen LogP contribution in [-0.2, 0) is 4.79 Å². The summed E-state index contributed by atoms with van der Waals surface area (Å²) >= 11 is 0. The molecule has 1 rings (SSSR count). The van der Waals surface area contributed by atoms with Gasteiger partial charge in [-0.3, -0.25) is 4.79 Å². The maximum absolute atomic E-state index is 12.0. The smallest absolute Gasteiger partial charge is 0.339 e. The fraction of sp³-hybridized carbons (Fsp3) is 0.467. The van der Waals surface area contributed by atoms with E-state index in [0.29, 0.717) is 5.69 Å². The van der Waals surface area contributed by atoms with Gasteiger partial charge in [0.2, 0.25) is 0 Å². The Morgan fingerprint density at radius 3 is 2.48 bits per heavy atom. The Balaban J connectivity index is 2.83. The highest BCUT2D eigenvalue weighted by atomic mass is 16.5. The summed E-state index contributed by atoms with van der Waals surface area (Å²) in [7, 11) is 0. The van der Waals surface area contributed by atoms with Gasteiger partial charge in [-0.2, -0.15) is 0 Å². The van der Waals surface area contributed by atoms with Crippen molar-refractivity contribution in [3.8, 4) is 5.75 Å². The van der Waals surface area contributed by atoms with Crippen LogP contribution >= 0.6 is 0 Å². The number of nitrogen functional groups attached to an aromatic ring is 1. The average Bonchev–Trinajstić information content (AvgIpc) is 2.44. The van der Waals surface area contributed by atoms with E-state index in [4.69, 9.17) is 15.6 Å². The maximum atomic E-state index is 12.0. The van der Waals surface area contributed by atoms with Crippen LogP contribution in [0.2, 0.25) is 0 Å². The molecule has 0 bridgehead atoms. The molecule has 1 unspecified atom stereocenters. The minimum absolute atomic E-state index is 0.0219. The molecule has 21 heavy (non-hydrogen) atoms. The molecule has 0 aliphatic heterocycles. The third-order valence-electron chi connectivity index (χ3n) is 3.24. The van der Waals surface area contributed by atoms with Crippen LogP contribution in [0.5, 0.6) is 5.75 Å². The second kappa shape index (κ2) is 7.52. The topological polar surface area (TPSA) is 102 Å². The number of rotatable bonds is 7. The van der Waals surface area contributed by atoms with Crippen LogP contribution in [0.4, 0.5) is 5.69 Å². The summed E-state index contributed by atoms with van der Waals surface area (Å²) in [6, 6.07) is 4.33. The highest BCUT2D eigenvalue weighted by molar-refractivity contribution is 5.91. The normalized spacial score (nSPS) is 12.0. The SMILES string of the molecule is CCC(CC)NC(=O)C(C)Oc1cc(N)ccc1C(=O)O. The fourth-order valence-electron chi connectivity index (χ4n) is 1.87. The zero-order valence-electron chi connectivity index (χ0n) is 12.6. The first-order valence-electron chi connectivity index (χ1n) is 6.98. The molecule has 1 aromatic carbocycles. The molecule has 0 aromatic heterocycles. The second-order valence-corrected chi connectivity index (χ2v) is 4.84. The summed E-state index contributed by atoms with van der Waals surface area (Å²) in [4.78, 5) is 23.2. The summed E-state index contributed by atoms with van der Waals surface area (Å²) in [5.74, 6) is -1.31. The van der Waals surface area contributed by atoms with E-state index in [2.05, 4.69) is 5.32 Å². The van der Waals surface area contributed by atoms with Crippen molar-refractivity contribution in [1.29, 1.82) is 0 Å². The minimum Gasteiger partial charge on any atom is -0.480 e. The number of ether oxygens (including phenoxy) is 1. The van der Waals surface area contributed by atoms with Gasteiger partial charge < -0.3 is 20.9 Å². The van der Waals surface area contributed by atoms with Gasteiger partial charge in [-0.1, -0.05) is 13.8 Å². The molecule has 0 aliphatic carbocycles. The van der Waals surface area contributed by atoms with E-state index in [-0.39, 0.29) is 23.3 Å². The van der Waals surface area contributed by atoms with Crippen LogP contribution in [0, 0.1) is 0 Å². The molecular weight excluding hydrogens is 272 g/mol. The average molecular weight is 294 g/mol. The molecule has 0 saturated carbocycles. The number of carbonyl (C=O) groups is 2. The summed E-state index contributed by atoms with van der Waals surface area (Å²) in [5, 5.41) is 12.0. The monoisotopic (exact) mass is 294 g/mol. The van der Waals surface area contributed by atoms with Gasteiger partial charge in [-0.25, -0.2) is 4.79 Å². The molecule has 116 valence electrons. The van der Waals surface area contributed by atoms with Gasteiger partial charge in [0.15, 0.2) is 6.10 Å². The highest BCUT2D eigenvalue weighted by Crippen LogP contribution is 2.23. The van der Waals surface area contributed by atoms with Crippen molar-refractivity contribution < 1.29 is 19.4 Å². The van der Waals surface area contributed by atoms with Gasteiger partial charge in [-0.05, 0) is 31.9 Å². The number of hydrogen-bond donors (Lipinski definition) is 3. The summed E-state index contributed by atoms with van der Waals surface area (Å²) in [6.07, 6.45) is 0.854. The fourth-order valence-corrected chi connectivity index (χ4v) is 1.87. The second-order valence-electron chi connectivity index (χ2n) is 4.84. The van der Waals surface area contributed by atoms with Crippen LogP contribution in [0.15, 0.2) is 18.2 Å². The van der Waals surface area contributed by atoms with Crippen molar-refractivity contribution in [3.05, 3.63) is 23.8 Å². The Hall–Kier alpha value is -2.24. The van der Waals surface area contributed by atoms with E-state index in [0.717, 1.165) is 12.8 Å². The number of nitrogens with two attached hydrogens (primary N) is 1. The van der Waals surface area contributed by atoms with E-state index in [1.165, 1.54) is 18.2 Å². The van der Waals surface area contributed by atoms with Crippen LogP contribution < -0.4 is 15.8 Å². The van der Waals surface area contributed by atoms with E-state index >= 15 is 0 Å². The van der Waals surface area contributed by atoms with Gasteiger partial charge in [0.1, 0.15) is 11.3 Å². The molecular formula is C15H22N2O4. The molecule has 0 spiro atoms. The third kappa shape index (κ3) is 4.66. The number of aromatic carboxylic acids is 1. The molecule has 0 fully saturated rings. The molecule has 4 N–H and O–H groups in total. The predicted molar refractivity (Wildman–Crippen MR) is 80.4 cm³/mol. The predicted octanol–water partition coefficient (Wildman–Crippen LogP) is 2.04. The number of carboxylic acids is 1. The first-order chi connectivity index (χ1) is 9.88. The number of amides is 1. The zero-order valence-corrected chi connectivity index (χ0v) is 12.6. The third-order valence-corrected chi connectivity index (χ3v) is 3.24. The van der Waals surface area contributed by atoms with Crippen molar-refractivity contribution in [2.75, 3.05) is 5.73 Å². The summed E-state index contributed by atoms with van der Waals surface area (Å²) in [5.41, 5.74) is 5.99. The molecule has 0 aliphatic rings. The van der Waals surface area contributed by atoms with E-state index in [1.807, 2.05) is 13.8 Å². The van der Waals surface area contributed by atoms with Crippen molar-refractivity contribution in [3.63, 3.8) is 0 Å². The lowest BCUT2D eigenvalue weighted by molar-refractivity contribution is -0.128. The largest absolute Gasteiger partial charge is 0.480 e. The van der Waals surface area contributed by atoms with Crippen molar-refractivity contribution in [1.82, 2.24) is 5.32 Å². The number of carbonyl (C=O) groups excluding carboxylic acids is 1. The van der Waals surface area contributed by atoms with E-state index < -0.39 is 12.1 Å². The van der Waals surface area contributed by atoms with Crippen LogP contribution in [0.25, 0.3) is 0 Å². The van der Waals surface area contributed by atoms with Crippen molar-refractivity contribution in [2.45, 2.75) is 45.8 Å². The zero-order chi connectivity index (χ0) is 16.0. The van der Waals surface area contributed by atoms with Gasteiger partial charge in [-0.15, -0.1) is 0 Å². The Morgan fingerprint density at radius 1 is 1.33 bits per heavy atom.